The number of nitrogens with zero attached hydrogens (tertiary/aromatic N) is 1. The molecule has 1 heterocycles. The number of thioether (sulfide) groups is 1. The van der Waals surface area contributed by atoms with Crippen LogP contribution in [0.2, 0.25) is 0 Å². The van der Waals surface area contributed by atoms with Gasteiger partial charge in [0.25, 0.3) is 5.91 Å². The van der Waals surface area contributed by atoms with Crippen molar-refractivity contribution in [1.82, 2.24) is 4.90 Å². The molecule has 1 aliphatic heterocycles. The summed E-state index contributed by atoms with van der Waals surface area (Å²) in [6, 6.07) is 17.7. The fraction of sp³-hybridized carbons (Fsp3) is 0.278. The zero-order chi connectivity index (χ0) is 15.4. The molecule has 3 nitrogen and oxygen atoms in total. The summed E-state index contributed by atoms with van der Waals surface area (Å²) >= 11 is 1.87. The molecule has 0 saturated carbocycles. The minimum Gasteiger partial charge on any atom is -0.399 e. The van der Waals surface area contributed by atoms with Crippen LogP contribution in [0.4, 0.5) is 5.69 Å². The van der Waals surface area contributed by atoms with Crippen LogP contribution in [0.5, 0.6) is 0 Å². The molecule has 1 fully saturated rings. The molecule has 4 heteroatoms. The third-order valence-electron chi connectivity index (χ3n) is 3.94. The molecule has 0 aliphatic carbocycles. The Kier molecular flexibility index (Phi) is 4.68. The van der Waals surface area contributed by atoms with Crippen molar-refractivity contribution in [2.45, 2.75) is 11.3 Å². The highest BCUT2D eigenvalue weighted by molar-refractivity contribution is 7.99. The molecule has 1 amide bonds. The number of carbonyl (C=O) groups excluding carboxylic acids is 1. The molecule has 2 aromatic carbocycles. The lowest BCUT2D eigenvalue weighted by atomic mass is 10.1. The Morgan fingerprint density at radius 3 is 2.77 bits per heavy atom. The lowest BCUT2D eigenvalue weighted by Crippen LogP contribution is -2.29. The maximum atomic E-state index is 12.5. The van der Waals surface area contributed by atoms with Crippen LogP contribution in [0.25, 0.3) is 0 Å². The molecule has 1 saturated heterocycles. The van der Waals surface area contributed by atoms with Crippen molar-refractivity contribution in [3.05, 3.63) is 60.2 Å². The number of nitrogens with two attached hydrogens (primary N) is 1. The molecule has 22 heavy (non-hydrogen) atoms. The van der Waals surface area contributed by atoms with E-state index in [0.29, 0.717) is 17.2 Å². The van der Waals surface area contributed by atoms with Crippen LogP contribution in [0, 0.1) is 5.92 Å². The minimum atomic E-state index is 0.0968. The standard InChI is InChI=1S/C18H20N2OS/c19-16-6-4-5-15(11-16)18(21)20-10-9-14(12-20)13-22-17-7-2-1-3-8-17/h1-8,11,14H,9-10,12-13,19H2. The molecule has 0 spiro atoms. The van der Waals surface area contributed by atoms with Gasteiger partial charge in [-0.15, -0.1) is 11.8 Å². The summed E-state index contributed by atoms with van der Waals surface area (Å²) < 4.78 is 0. The highest BCUT2D eigenvalue weighted by atomic mass is 32.2. The Labute approximate surface area is 135 Å². The number of amides is 1. The largest absolute Gasteiger partial charge is 0.399 e. The van der Waals surface area contributed by atoms with Crippen molar-refractivity contribution in [1.29, 1.82) is 0 Å². The van der Waals surface area contributed by atoms with Gasteiger partial charge in [0.1, 0.15) is 0 Å². The van der Waals surface area contributed by atoms with Crippen molar-refractivity contribution in [2.75, 3.05) is 24.6 Å². The monoisotopic (exact) mass is 312 g/mol. The van der Waals surface area contributed by atoms with Crippen molar-refractivity contribution >= 4 is 23.4 Å². The molecule has 1 aliphatic rings. The lowest BCUT2D eigenvalue weighted by Gasteiger charge is -2.17. The fourth-order valence-corrected chi connectivity index (χ4v) is 3.79. The zero-order valence-electron chi connectivity index (χ0n) is 12.4. The molecular weight excluding hydrogens is 292 g/mol. The topological polar surface area (TPSA) is 46.3 Å². The maximum Gasteiger partial charge on any atom is 0.253 e. The van der Waals surface area contributed by atoms with Gasteiger partial charge in [-0.1, -0.05) is 24.3 Å². The number of likely N-dealkylation sites (tertiary alicyclic amines) is 1. The second-order valence-electron chi connectivity index (χ2n) is 5.66. The van der Waals surface area contributed by atoms with E-state index in [1.165, 1.54) is 4.90 Å². The average Bonchev–Trinajstić information content (AvgIpc) is 3.02. The van der Waals surface area contributed by atoms with E-state index in [9.17, 15) is 4.79 Å². The van der Waals surface area contributed by atoms with E-state index in [1.54, 1.807) is 12.1 Å². The van der Waals surface area contributed by atoms with Crippen LogP contribution in [0.1, 0.15) is 16.8 Å². The van der Waals surface area contributed by atoms with E-state index < -0.39 is 0 Å². The van der Waals surface area contributed by atoms with E-state index >= 15 is 0 Å². The van der Waals surface area contributed by atoms with E-state index in [2.05, 4.69) is 24.3 Å². The molecule has 2 N–H and O–H groups in total. The molecule has 0 bridgehead atoms. The highest BCUT2D eigenvalue weighted by Gasteiger charge is 2.26. The predicted molar refractivity (Wildman–Crippen MR) is 92.0 cm³/mol. The van der Waals surface area contributed by atoms with Crippen molar-refractivity contribution in [2.24, 2.45) is 5.92 Å². The Balaban J connectivity index is 1.55. The predicted octanol–water partition coefficient (Wildman–Crippen LogP) is 3.52. The third-order valence-corrected chi connectivity index (χ3v) is 5.18. The van der Waals surface area contributed by atoms with Crippen molar-refractivity contribution < 1.29 is 4.79 Å². The van der Waals surface area contributed by atoms with Gasteiger partial charge < -0.3 is 10.6 Å². The second-order valence-corrected chi connectivity index (χ2v) is 6.75. The number of nitrogen functional groups attached to an aromatic ring is 1. The minimum absolute atomic E-state index is 0.0968. The first kappa shape index (κ1) is 15.0. The van der Waals surface area contributed by atoms with E-state index in [-0.39, 0.29) is 5.91 Å². The fourth-order valence-electron chi connectivity index (χ4n) is 2.74. The van der Waals surface area contributed by atoms with Crippen LogP contribution in [0.3, 0.4) is 0 Å². The number of benzene rings is 2. The Bertz CT molecular complexity index is 645. The van der Waals surface area contributed by atoms with Gasteiger partial charge in [0, 0.05) is 35.0 Å². The van der Waals surface area contributed by atoms with E-state index in [4.69, 9.17) is 5.73 Å². The van der Waals surface area contributed by atoms with Gasteiger partial charge in [-0.3, -0.25) is 4.79 Å². The molecule has 0 aromatic heterocycles. The molecule has 2 aromatic rings. The number of hydrogen-bond acceptors (Lipinski definition) is 3. The SMILES string of the molecule is Nc1cccc(C(=O)N2CCC(CSc3ccccc3)C2)c1. The van der Waals surface area contributed by atoms with Gasteiger partial charge in [0.15, 0.2) is 0 Å². The highest BCUT2D eigenvalue weighted by Crippen LogP contribution is 2.26. The number of hydrogen-bond donors (Lipinski definition) is 1. The third kappa shape index (κ3) is 3.63. The summed E-state index contributed by atoms with van der Waals surface area (Å²) in [7, 11) is 0. The van der Waals surface area contributed by atoms with Crippen LogP contribution >= 0.6 is 11.8 Å². The smallest absolute Gasteiger partial charge is 0.253 e. The van der Waals surface area contributed by atoms with Gasteiger partial charge in [0.05, 0.1) is 0 Å². The first-order valence-corrected chi connectivity index (χ1v) is 8.53. The van der Waals surface area contributed by atoms with Crippen LogP contribution in [-0.2, 0) is 0 Å². The van der Waals surface area contributed by atoms with Crippen LogP contribution in [-0.4, -0.2) is 29.6 Å². The Morgan fingerprint density at radius 2 is 2.00 bits per heavy atom. The second kappa shape index (κ2) is 6.88. The van der Waals surface area contributed by atoms with Crippen molar-refractivity contribution in [3.8, 4) is 0 Å². The van der Waals surface area contributed by atoms with Crippen LogP contribution in [0.15, 0.2) is 59.5 Å². The number of anilines is 1. The van der Waals surface area contributed by atoms with E-state index in [0.717, 1.165) is 25.3 Å². The quantitative estimate of drug-likeness (QED) is 0.694. The van der Waals surface area contributed by atoms with Gasteiger partial charge in [-0.2, -0.15) is 0 Å². The van der Waals surface area contributed by atoms with Crippen LogP contribution < -0.4 is 5.73 Å². The van der Waals surface area contributed by atoms with Gasteiger partial charge in [0.2, 0.25) is 0 Å². The molecular formula is C18H20N2OS. The molecule has 3 rings (SSSR count). The van der Waals surface area contributed by atoms with Crippen molar-refractivity contribution in [3.63, 3.8) is 0 Å². The molecule has 0 radical (unpaired) electrons. The first-order valence-electron chi connectivity index (χ1n) is 7.55. The Hall–Kier alpha value is -1.94. The summed E-state index contributed by atoms with van der Waals surface area (Å²) in [5, 5.41) is 0. The molecule has 1 unspecified atom stereocenters. The number of carbonyl (C=O) groups is 1. The zero-order valence-corrected chi connectivity index (χ0v) is 13.3. The lowest BCUT2D eigenvalue weighted by molar-refractivity contribution is 0.0788. The maximum absolute atomic E-state index is 12.5. The average molecular weight is 312 g/mol. The Morgan fingerprint density at radius 1 is 1.18 bits per heavy atom. The summed E-state index contributed by atoms with van der Waals surface area (Å²) in [6.07, 6.45) is 1.08. The van der Waals surface area contributed by atoms with Gasteiger partial charge >= 0.3 is 0 Å². The molecule has 1 atom stereocenters. The van der Waals surface area contributed by atoms with E-state index in [1.807, 2.05) is 34.9 Å². The van der Waals surface area contributed by atoms with Gasteiger partial charge in [-0.25, -0.2) is 0 Å². The summed E-state index contributed by atoms with van der Waals surface area (Å²) in [4.78, 5) is 15.7. The first-order chi connectivity index (χ1) is 10.7. The van der Waals surface area contributed by atoms with Gasteiger partial charge in [-0.05, 0) is 42.7 Å². The summed E-state index contributed by atoms with van der Waals surface area (Å²) in [6.45, 7) is 1.68. The molecule has 114 valence electrons. The number of rotatable bonds is 4. The summed E-state index contributed by atoms with van der Waals surface area (Å²) in [5.74, 6) is 1.72. The normalized spacial score (nSPS) is 17.6. The summed E-state index contributed by atoms with van der Waals surface area (Å²) in [5.41, 5.74) is 7.09.